The van der Waals surface area contributed by atoms with Gasteiger partial charge in [0.1, 0.15) is 0 Å². The zero-order valence-electron chi connectivity index (χ0n) is 9.29. The smallest absolute Gasteiger partial charge is 0.240 e. The van der Waals surface area contributed by atoms with Crippen LogP contribution >= 0.6 is 11.8 Å². The maximum absolute atomic E-state index is 11.9. The third-order valence-electron chi connectivity index (χ3n) is 3.75. The van der Waals surface area contributed by atoms with Crippen molar-refractivity contribution in [3.63, 3.8) is 0 Å². The Morgan fingerprint density at radius 3 is 2.67 bits per heavy atom. The van der Waals surface area contributed by atoms with Crippen molar-refractivity contribution in [3.8, 4) is 0 Å². The quantitative estimate of drug-likeness (QED) is 0.765. The highest BCUT2D eigenvalue weighted by Crippen LogP contribution is 2.31. The minimum absolute atomic E-state index is 0.0838. The van der Waals surface area contributed by atoms with Crippen LogP contribution in [0, 0.1) is 0 Å². The summed E-state index contributed by atoms with van der Waals surface area (Å²) in [5.74, 6) is 0.0838. The molecular weight excluding hydrogens is 208 g/mol. The van der Waals surface area contributed by atoms with E-state index in [1.165, 1.54) is 6.42 Å². The molecule has 0 heterocycles. The Balaban J connectivity index is 1.80. The third kappa shape index (κ3) is 2.31. The predicted octanol–water partition coefficient (Wildman–Crippen LogP) is 1.27. The fourth-order valence-electron chi connectivity index (χ4n) is 2.40. The number of rotatable bonds is 3. The number of nitrogens with two attached hydrogens (primary N) is 1. The van der Waals surface area contributed by atoms with Gasteiger partial charge >= 0.3 is 0 Å². The minimum atomic E-state index is -0.530. The van der Waals surface area contributed by atoms with Gasteiger partial charge in [0.25, 0.3) is 0 Å². The summed E-state index contributed by atoms with van der Waals surface area (Å²) in [6, 6.07) is 0.371. The monoisotopic (exact) mass is 228 g/mol. The molecule has 3 N–H and O–H groups in total. The molecular formula is C11H20N2OS. The molecule has 0 saturated heterocycles. The molecule has 0 radical (unpaired) electrons. The lowest BCUT2D eigenvalue weighted by molar-refractivity contribution is -0.129. The number of nitrogens with one attached hydrogen (secondary N) is 1. The Kier molecular flexibility index (Phi) is 3.26. The fraction of sp³-hybridized carbons (Fsp3) is 0.909. The van der Waals surface area contributed by atoms with E-state index < -0.39 is 5.54 Å². The molecule has 2 atom stereocenters. The van der Waals surface area contributed by atoms with Crippen LogP contribution in [0.3, 0.4) is 0 Å². The molecule has 2 unspecified atom stereocenters. The van der Waals surface area contributed by atoms with E-state index in [-0.39, 0.29) is 5.91 Å². The Bertz CT molecular complexity index is 253. The zero-order valence-corrected chi connectivity index (χ0v) is 10.1. The van der Waals surface area contributed by atoms with Gasteiger partial charge in [-0.1, -0.05) is 0 Å². The van der Waals surface area contributed by atoms with Crippen LogP contribution in [0.25, 0.3) is 0 Å². The second-order valence-corrected chi connectivity index (χ2v) is 5.99. The van der Waals surface area contributed by atoms with E-state index in [1.54, 1.807) is 0 Å². The summed E-state index contributed by atoms with van der Waals surface area (Å²) < 4.78 is 0. The van der Waals surface area contributed by atoms with Crippen LogP contribution in [0.5, 0.6) is 0 Å². The van der Waals surface area contributed by atoms with Gasteiger partial charge in [0, 0.05) is 11.3 Å². The fourth-order valence-corrected chi connectivity index (χ4v) is 3.20. The molecule has 2 aliphatic rings. The number of carbonyl (C=O) groups excluding carboxylic acids is 1. The van der Waals surface area contributed by atoms with Crippen molar-refractivity contribution in [1.82, 2.24) is 5.32 Å². The first-order valence-electron chi connectivity index (χ1n) is 5.77. The normalized spacial score (nSPS) is 33.5. The maximum atomic E-state index is 11.9. The summed E-state index contributed by atoms with van der Waals surface area (Å²) in [5, 5.41) is 3.84. The molecule has 2 rings (SSSR count). The maximum Gasteiger partial charge on any atom is 0.240 e. The molecule has 0 spiro atoms. The highest BCUT2D eigenvalue weighted by atomic mass is 32.2. The van der Waals surface area contributed by atoms with Crippen molar-refractivity contribution in [1.29, 1.82) is 0 Å². The van der Waals surface area contributed by atoms with Crippen molar-refractivity contribution in [2.24, 2.45) is 5.73 Å². The Labute approximate surface area is 95.6 Å². The van der Waals surface area contributed by atoms with E-state index in [1.807, 2.05) is 11.8 Å². The molecule has 0 aliphatic heterocycles. The molecule has 86 valence electrons. The number of hydrogen-bond donors (Lipinski definition) is 2. The summed E-state index contributed by atoms with van der Waals surface area (Å²) in [4.78, 5) is 11.9. The van der Waals surface area contributed by atoms with Crippen molar-refractivity contribution in [3.05, 3.63) is 0 Å². The van der Waals surface area contributed by atoms with E-state index in [0.29, 0.717) is 6.04 Å². The highest BCUT2D eigenvalue weighted by molar-refractivity contribution is 7.99. The molecule has 0 aromatic carbocycles. The van der Waals surface area contributed by atoms with Crippen LogP contribution in [0.2, 0.25) is 0 Å². The standard InChI is InChI=1S/C11H20N2OS/c1-15-9-4-3-8(7-9)13-10(14)11(12)5-2-6-11/h8-9H,2-7,12H2,1H3,(H,13,14). The van der Waals surface area contributed by atoms with Crippen molar-refractivity contribution in [2.75, 3.05) is 6.26 Å². The van der Waals surface area contributed by atoms with Crippen molar-refractivity contribution >= 4 is 17.7 Å². The molecule has 0 bridgehead atoms. The van der Waals surface area contributed by atoms with Gasteiger partial charge in [-0.25, -0.2) is 0 Å². The van der Waals surface area contributed by atoms with Gasteiger partial charge in [-0.05, 0) is 44.8 Å². The van der Waals surface area contributed by atoms with Crippen LogP contribution < -0.4 is 11.1 Å². The Morgan fingerprint density at radius 1 is 1.47 bits per heavy atom. The largest absolute Gasteiger partial charge is 0.352 e. The number of hydrogen-bond acceptors (Lipinski definition) is 3. The Hall–Kier alpha value is -0.220. The average molecular weight is 228 g/mol. The van der Waals surface area contributed by atoms with Gasteiger partial charge in [0.2, 0.25) is 5.91 Å². The van der Waals surface area contributed by atoms with Gasteiger partial charge in [-0.2, -0.15) is 11.8 Å². The molecule has 4 heteroatoms. The van der Waals surface area contributed by atoms with Gasteiger partial charge in [0.05, 0.1) is 5.54 Å². The van der Waals surface area contributed by atoms with Gasteiger partial charge < -0.3 is 11.1 Å². The first-order valence-corrected chi connectivity index (χ1v) is 7.05. The lowest BCUT2D eigenvalue weighted by Gasteiger charge is -2.37. The van der Waals surface area contributed by atoms with Gasteiger partial charge in [-0.3, -0.25) is 4.79 Å². The molecule has 1 amide bonds. The lowest BCUT2D eigenvalue weighted by Crippen LogP contribution is -2.59. The van der Waals surface area contributed by atoms with Crippen LogP contribution in [0.15, 0.2) is 0 Å². The van der Waals surface area contributed by atoms with Crippen LogP contribution in [0.4, 0.5) is 0 Å². The van der Waals surface area contributed by atoms with E-state index in [0.717, 1.165) is 37.4 Å². The van der Waals surface area contributed by atoms with Crippen LogP contribution in [-0.2, 0) is 4.79 Å². The predicted molar refractivity (Wildman–Crippen MR) is 63.9 cm³/mol. The second-order valence-electron chi connectivity index (χ2n) is 4.85. The van der Waals surface area contributed by atoms with E-state index in [9.17, 15) is 4.79 Å². The number of amides is 1. The summed E-state index contributed by atoms with van der Waals surface area (Å²) in [5.41, 5.74) is 5.44. The molecule has 2 fully saturated rings. The van der Waals surface area contributed by atoms with Crippen molar-refractivity contribution in [2.45, 2.75) is 55.4 Å². The Morgan fingerprint density at radius 2 is 2.20 bits per heavy atom. The number of thioether (sulfide) groups is 1. The first-order chi connectivity index (χ1) is 7.14. The van der Waals surface area contributed by atoms with Crippen LogP contribution in [-0.4, -0.2) is 29.0 Å². The first kappa shape index (κ1) is 11.3. The zero-order chi connectivity index (χ0) is 10.9. The van der Waals surface area contributed by atoms with E-state index in [2.05, 4.69) is 11.6 Å². The summed E-state index contributed by atoms with van der Waals surface area (Å²) >= 11 is 1.91. The second kappa shape index (κ2) is 4.34. The SMILES string of the molecule is CSC1CCC(NC(=O)C2(N)CCC2)C1. The van der Waals surface area contributed by atoms with E-state index in [4.69, 9.17) is 5.73 Å². The van der Waals surface area contributed by atoms with Gasteiger partial charge in [-0.15, -0.1) is 0 Å². The lowest BCUT2D eigenvalue weighted by atomic mass is 9.77. The molecule has 0 aromatic rings. The minimum Gasteiger partial charge on any atom is -0.352 e. The molecule has 2 saturated carbocycles. The molecule has 3 nitrogen and oxygen atoms in total. The van der Waals surface area contributed by atoms with Crippen molar-refractivity contribution < 1.29 is 4.79 Å². The summed E-state index contributed by atoms with van der Waals surface area (Å²) in [7, 11) is 0. The molecule has 15 heavy (non-hydrogen) atoms. The topological polar surface area (TPSA) is 55.1 Å². The van der Waals surface area contributed by atoms with E-state index >= 15 is 0 Å². The molecule has 2 aliphatic carbocycles. The van der Waals surface area contributed by atoms with Crippen LogP contribution in [0.1, 0.15) is 38.5 Å². The average Bonchev–Trinajstić information content (AvgIpc) is 2.61. The highest BCUT2D eigenvalue weighted by Gasteiger charge is 2.41. The summed E-state index contributed by atoms with van der Waals surface area (Å²) in [6.07, 6.45) is 8.42. The third-order valence-corrected chi connectivity index (χ3v) is 4.85. The number of carbonyl (C=O) groups is 1. The van der Waals surface area contributed by atoms with Gasteiger partial charge in [0.15, 0.2) is 0 Å². The summed E-state index contributed by atoms with van der Waals surface area (Å²) in [6.45, 7) is 0. The molecule has 0 aromatic heterocycles.